The normalized spacial score (nSPS) is 12.3. The Labute approximate surface area is 422 Å². The predicted molar refractivity (Wildman–Crippen MR) is 284 cm³/mol. The highest BCUT2D eigenvalue weighted by molar-refractivity contribution is 5.88. The summed E-state index contributed by atoms with van der Waals surface area (Å²) < 4.78 is 22.8. The van der Waals surface area contributed by atoms with E-state index in [0.29, 0.717) is 38.6 Å². The van der Waals surface area contributed by atoms with Gasteiger partial charge in [0.25, 0.3) is 5.91 Å². The highest BCUT2D eigenvalue weighted by Crippen LogP contribution is 2.17. The van der Waals surface area contributed by atoms with Crippen LogP contribution in [0.15, 0.2) is 48.6 Å². The van der Waals surface area contributed by atoms with Crippen LogP contribution in [0.1, 0.15) is 233 Å². The summed E-state index contributed by atoms with van der Waals surface area (Å²) in [5.74, 6) is -2.61. The smallest absolute Gasteiger partial charge is 0.310 e. The van der Waals surface area contributed by atoms with Crippen molar-refractivity contribution in [3.8, 4) is 0 Å². The largest absolute Gasteiger partial charge is 0.466 e. The van der Waals surface area contributed by atoms with Gasteiger partial charge < -0.3 is 28.7 Å². The first-order valence-corrected chi connectivity index (χ1v) is 27.8. The summed E-state index contributed by atoms with van der Waals surface area (Å²) in [6.07, 6.45) is 45.1. The molecule has 0 N–H and O–H groups in total. The van der Waals surface area contributed by atoms with Crippen LogP contribution in [0.25, 0.3) is 0 Å². The fourth-order valence-corrected chi connectivity index (χ4v) is 7.65. The van der Waals surface area contributed by atoms with Gasteiger partial charge in [0.2, 0.25) is 0 Å². The molecule has 1 atom stereocenters. The number of rotatable bonds is 48. The Morgan fingerprint density at radius 3 is 1.32 bits per heavy atom. The minimum atomic E-state index is -1.44. The molecule has 0 saturated heterocycles. The van der Waals surface area contributed by atoms with Crippen molar-refractivity contribution in [2.75, 3.05) is 47.0 Å². The fraction of sp³-hybridized carbons (Fsp3) is 0.776. The molecule has 0 spiro atoms. The Morgan fingerprint density at radius 2 is 0.855 bits per heavy atom. The molecular formula is C58H102N2O9. The average molecular weight is 971 g/mol. The zero-order valence-electron chi connectivity index (χ0n) is 45.0. The minimum Gasteiger partial charge on any atom is -0.466 e. The molecule has 0 aliphatic heterocycles. The van der Waals surface area contributed by atoms with E-state index >= 15 is 0 Å². The molecule has 0 aromatic carbocycles. The minimum absolute atomic E-state index is 0.0808. The lowest BCUT2D eigenvalue weighted by atomic mass is 10.1. The number of nitrogens with zero attached hydrogens (tertiary/aromatic N) is 2. The van der Waals surface area contributed by atoms with Crippen molar-refractivity contribution in [3.63, 3.8) is 0 Å². The second-order valence-electron chi connectivity index (χ2n) is 18.9. The van der Waals surface area contributed by atoms with Gasteiger partial charge in [-0.2, -0.15) is 0 Å². The lowest BCUT2D eigenvalue weighted by Crippen LogP contribution is -2.52. The van der Waals surface area contributed by atoms with E-state index in [0.717, 1.165) is 109 Å². The molecule has 0 rings (SSSR count). The summed E-state index contributed by atoms with van der Waals surface area (Å²) in [4.78, 5) is 70.2. The van der Waals surface area contributed by atoms with Crippen molar-refractivity contribution in [2.45, 2.75) is 245 Å². The molecule has 1 amide bonds. The topological polar surface area (TPSA) is 129 Å². The number of carbonyl (C=O) groups excluding carboxylic acids is 5. The molecule has 0 aliphatic rings. The Morgan fingerprint density at radius 1 is 0.420 bits per heavy atom. The van der Waals surface area contributed by atoms with Crippen LogP contribution in [0, 0.1) is 0 Å². The fourth-order valence-electron chi connectivity index (χ4n) is 7.65. The first kappa shape index (κ1) is 65.3. The molecule has 0 saturated carbocycles. The maximum atomic E-state index is 14.5. The van der Waals surface area contributed by atoms with Gasteiger partial charge in [-0.25, -0.2) is 0 Å². The van der Waals surface area contributed by atoms with E-state index in [2.05, 4.69) is 69.4 Å². The van der Waals surface area contributed by atoms with Crippen molar-refractivity contribution >= 4 is 29.8 Å². The third-order valence-corrected chi connectivity index (χ3v) is 11.9. The maximum absolute atomic E-state index is 14.5. The van der Waals surface area contributed by atoms with Gasteiger partial charge in [-0.15, -0.1) is 0 Å². The zero-order valence-corrected chi connectivity index (χ0v) is 45.0. The summed E-state index contributed by atoms with van der Waals surface area (Å²) in [6.45, 7) is 9.01. The summed E-state index contributed by atoms with van der Waals surface area (Å²) in [7, 11) is 3.86. The van der Waals surface area contributed by atoms with Gasteiger partial charge in [-0.3, -0.25) is 24.0 Å². The monoisotopic (exact) mass is 971 g/mol. The Hall–Kier alpha value is -3.73. The third-order valence-electron chi connectivity index (χ3n) is 11.9. The average Bonchev–Trinajstić information content (AvgIpc) is 3.32. The second-order valence-corrected chi connectivity index (χ2v) is 18.9. The number of allylic oxidation sites excluding steroid dienone is 8. The molecule has 1 unspecified atom stereocenters. The molecule has 0 aliphatic carbocycles. The number of carbonyl (C=O) groups is 5. The van der Waals surface area contributed by atoms with Crippen LogP contribution in [0.2, 0.25) is 0 Å². The van der Waals surface area contributed by atoms with Gasteiger partial charge >= 0.3 is 23.9 Å². The number of ether oxygens (including phenoxy) is 4. The lowest BCUT2D eigenvalue weighted by Gasteiger charge is -2.34. The van der Waals surface area contributed by atoms with Crippen molar-refractivity contribution < 1.29 is 42.9 Å². The Kier molecular flexibility index (Phi) is 46.6. The van der Waals surface area contributed by atoms with Gasteiger partial charge in [0.15, 0.2) is 6.10 Å². The first-order chi connectivity index (χ1) is 33.6. The molecule has 0 radical (unpaired) electrons. The van der Waals surface area contributed by atoms with Crippen LogP contribution >= 0.6 is 0 Å². The van der Waals surface area contributed by atoms with E-state index in [1.165, 1.54) is 43.4 Å². The molecule has 11 heteroatoms. The van der Waals surface area contributed by atoms with E-state index in [9.17, 15) is 24.0 Å². The van der Waals surface area contributed by atoms with Gasteiger partial charge in [0, 0.05) is 25.8 Å². The summed E-state index contributed by atoms with van der Waals surface area (Å²) in [5, 5.41) is 0. The maximum Gasteiger partial charge on any atom is 0.310 e. The molecule has 11 nitrogen and oxygen atoms in total. The Bertz CT molecular complexity index is 1330. The van der Waals surface area contributed by atoms with E-state index in [-0.39, 0.29) is 57.6 Å². The molecule has 398 valence electrons. The van der Waals surface area contributed by atoms with Crippen LogP contribution in [0.5, 0.6) is 0 Å². The summed E-state index contributed by atoms with van der Waals surface area (Å²) in [6, 6.07) is -0.862. The molecule has 0 bridgehead atoms. The van der Waals surface area contributed by atoms with E-state index < -0.39 is 36.4 Å². The summed E-state index contributed by atoms with van der Waals surface area (Å²) in [5.41, 5.74) is 0. The molecule has 0 aromatic rings. The molecule has 0 heterocycles. The standard InChI is InChI=1S/C58H102N2O9/c1-7-11-14-17-19-21-23-25-27-29-31-33-35-37-39-44-54(61)67-50-52(51-68-55(62)45-40-38-36-34-32-30-28-26-24-22-20-18-15-12-8-2)60(47-42-46-59(5)6)58(65)53(69-56(63)43-10-4)49-57(64)66-48-41-16-13-9-3/h19-22,25-28,52-53H,7-18,23-24,29-51H2,1-6H3/b21-19-,22-20-,27-25-,28-26-. The van der Waals surface area contributed by atoms with Crippen LogP contribution < -0.4 is 0 Å². The number of hydrogen-bond acceptors (Lipinski definition) is 10. The van der Waals surface area contributed by atoms with Gasteiger partial charge in [0.05, 0.1) is 13.0 Å². The number of esters is 4. The molecular weight excluding hydrogens is 869 g/mol. The number of unbranched alkanes of at least 4 members (excludes halogenated alkanes) is 19. The highest BCUT2D eigenvalue weighted by atomic mass is 16.6. The molecule has 0 fully saturated rings. The van der Waals surface area contributed by atoms with Crippen LogP contribution in [-0.2, 0) is 42.9 Å². The quantitative estimate of drug-likeness (QED) is 0.0251. The van der Waals surface area contributed by atoms with Crippen molar-refractivity contribution in [1.82, 2.24) is 9.80 Å². The van der Waals surface area contributed by atoms with E-state index in [4.69, 9.17) is 18.9 Å². The Balaban J connectivity index is 5.63. The second kappa shape index (κ2) is 49.3. The van der Waals surface area contributed by atoms with Crippen molar-refractivity contribution in [2.24, 2.45) is 0 Å². The van der Waals surface area contributed by atoms with Gasteiger partial charge in [-0.05, 0) is 117 Å². The van der Waals surface area contributed by atoms with Gasteiger partial charge in [-0.1, -0.05) is 160 Å². The number of hydrogen-bond donors (Lipinski definition) is 0. The van der Waals surface area contributed by atoms with E-state index in [1.54, 1.807) is 0 Å². The highest BCUT2D eigenvalue weighted by Gasteiger charge is 2.35. The van der Waals surface area contributed by atoms with Crippen LogP contribution in [0.3, 0.4) is 0 Å². The zero-order chi connectivity index (χ0) is 50.8. The van der Waals surface area contributed by atoms with Crippen molar-refractivity contribution in [1.29, 1.82) is 0 Å². The molecule has 69 heavy (non-hydrogen) atoms. The first-order valence-electron chi connectivity index (χ1n) is 27.8. The summed E-state index contributed by atoms with van der Waals surface area (Å²) >= 11 is 0. The lowest BCUT2D eigenvalue weighted by molar-refractivity contribution is -0.168. The van der Waals surface area contributed by atoms with Crippen LogP contribution in [0.4, 0.5) is 0 Å². The predicted octanol–water partition coefficient (Wildman–Crippen LogP) is 14.1. The van der Waals surface area contributed by atoms with Gasteiger partial charge in [0.1, 0.15) is 19.3 Å². The number of amides is 1. The third kappa shape index (κ3) is 42.8. The van der Waals surface area contributed by atoms with E-state index in [1.807, 2.05) is 25.9 Å². The van der Waals surface area contributed by atoms with Crippen LogP contribution in [-0.4, -0.2) is 98.7 Å². The molecule has 0 aromatic heterocycles. The van der Waals surface area contributed by atoms with Crippen molar-refractivity contribution in [3.05, 3.63) is 48.6 Å². The SMILES string of the molecule is CCCCC/C=C\C/C=C\CCCCCCCC(=O)OCC(COC(=O)CCCCCCC/C=C\C/C=C\CCCCC)N(CCCN(C)C)C(=O)C(CC(=O)OCCCCCC)OC(=O)CCC.